The van der Waals surface area contributed by atoms with Gasteiger partial charge >= 0.3 is 0 Å². The third-order valence-electron chi connectivity index (χ3n) is 3.14. The zero-order valence-electron chi connectivity index (χ0n) is 10.6. The van der Waals surface area contributed by atoms with Crippen molar-refractivity contribution in [2.24, 2.45) is 0 Å². The van der Waals surface area contributed by atoms with Crippen molar-refractivity contribution in [2.45, 2.75) is 58.9 Å². The van der Waals surface area contributed by atoms with Gasteiger partial charge in [0.15, 0.2) is 0 Å². The molecule has 1 aromatic rings. The second-order valence-corrected chi connectivity index (χ2v) is 5.11. The van der Waals surface area contributed by atoms with Crippen molar-refractivity contribution >= 4 is 5.82 Å². The molecular weight excluding hydrogens is 196 g/mol. The summed E-state index contributed by atoms with van der Waals surface area (Å²) < 4.78 is 0. The van der Waals surface area contributed by atoms with E-state index in [1.54, 1.807) is 0 Å². The Labute approximate surface area is 98.5 Å². The van der Waals surface area contributed by atoms with Crippen LogP contribution in [-0.4, -0.2) is 11.0 Å². The minimum absolute atomic E-state index is 0.460. The van der Waals surface area contributed by atoms with Crippen LogP contribution in [0.15, 0.2) is 6.07 Å². The number of rotatable bonds is 2. The highest BCUT2D eigenvalue weighted by Gasteiger charge is 2.14. The number of aryl methyl sites for hydroxylation is 2. The lowest BCUT2D eigenvalue weighted by atomic mass is 10.0. The number of aromatic nitrogens is 1. The van der Waals surface area contributed by atoms with Crippen LogP contribution in [0.2, 0.25) is 0 Å². The second-order valence-electron chi connectivity index (χ2n) is 5.11. The molecule has 0 radical (unpaired) electrons. The van der Waals surface area contributed by atoms with Gasteiger partial charge in [-0.15, -0.1) is 0 Å². The molecule has 1 N–H and O–H groups in total. The first kappa shape index (κ1) is 11.4. The minimum Gasteiger partial charge on any atom is -0.368 e. The molecule has 0 aromatic carbocycles. The van der Waals surface area contributed by atoms with E-state index in [-0.39, 0.29) is 0 Å². The topological polar surface area (TPSA) is 24.9 Å². The highest BCUT2D eigenvalue weighted by Crippen LogP contribution is 2.26. The number of nitrogens with one attached hydrogen (secondary N) is 1. The maximum atomic E-state index is 4.66. The molecule has 0 bridgehead atoms. The Morgan fingerprint density at radius 2 is 1.94 bits per heavy atom. The number of hydrogen-bond donors (Lipinski definition) is 1. The highest BCUT2D eigenvalue weighted by molar-refractivity contribution is 5.50. The van der Waals surface area contributed by atoms with Crippen molar-refractivity contribution in [1.82, 2.24) is 4.98 Å². The molecule has 0 aliphatic heterocycles. The third kappa shape index (κ3) is 2.55. The van der Waals surface area contributed by atoms with Crippen LogP contribution in [-0.2, 0) is 12.8 Å². The van der Waals surface area contributed by atoms with E-state index in [9.17, 15) is 0 Å². The van der Waals surface area contributed by atoms with E-state index in [0.29, 0.717) is 6.04 Å². The van der Waals surface area contributed by atoms with Crippen molar-refractivity contribution < 1.29 is 0 Å². The minimum atomic E-state index is 0.460. The van der Waals surface area contributed by atoms with Gasteiger partial charge in [0, 0.05) is 11.7 Å². The van der Waals surface area contributed by atoms with Crippen LogP contribution in [0.25, 0.3) is 0 Å². The molecule has 0 fully saturated rings. The molecule has 0 amide bonds. The molecule has 0 saturated carbocycles. The van der Waals surface area contributed by atoms with Gasteiger partial charge in [-0.2, -0.15) is 0 Å². The summed E-state index contributed by atoms with van der Waals surface area (Å²) in [4.78, 5) is 4.66. The molecule has 0 unspecified atom stereocenters. The summed E-state index contributed by atoms with van der Waals surface area (Å²) in [6.07, 6.45) is 6.42. The molecular formula is C14H22N2. The normalized spacial score (nSPS) is 15.8. The maximum Gasteiger partial charge on any atom is 0.129 e. The Morgan fingerprint density at radius 1 is 1.19 bits per heavy atom. The Kier molecular flexibility index (Phi) is 3.47. The van der Waals surface area contributed by atoms with E-state index in [1.807, 2.05) is 0 Å². The summed E-state index contributed by atoms with van der Waals surface area (Å²) >= 11 is 0. The first-order valence-electron chi connectivity index (χ1n) is 6.43. The molecule has 1 aliphatic carbocycles. The van der Waals surface area contributed by atoms with Crippen molar-refractivity contribution in [3.8, 4) is 0 Å². The van der Waals surface area contributed by atoms with Gasteiger partial charge in [-0.3, -0.25) is 0 Å². The summed E-state index contributed by atoms with van der Waals surface area (Å²) in [6.45, 7) is 6.44. The van der Waals surface area contributed by atoms with E-state index in [4.69, 9.17) is 0 Å². The summed E-state index contributed by atoms with van der Waals surface area (Å²) in [5, 5.41) is 3.49. The molecule has 2 heteroatoms. The van der Waals surface area contributed by atoms with Crippen LogP contribution in [0, 0.1) is 6.92 Å². The summed E-state index contributed by atoms with van der Waals surface area (Å²) in [7, 11) is 0. The summed E-state index contributed by atoms with van der Waals surface area (Å²) in [5.41, 5.74) is 4.13. The molecule has 2 nitrogen and oxygen atoms in total. The molecule has 1 aliphatic rings. The van der Waals surface area contributed by atoms with Crippen LogP contribution < -0.4 is 5.32 Å². The van der Waals surface area contributed by atoms with Gasteiger partial charge in [-0.1, -0.05) is 6.42 Å². The molecule has 0 spiro atoms. The fourth-order valence-corrected chi connectivity index (χ4v) is 2.46. The third-order valence-corrected chi connectivity index (χ3v) is 3.14. The highest BCUT2D eigenvalue weighted by atomic mass is 15.0. The van der Waals surface area contributed by atoms with Crippen LogP contribution in [0.3, 0.4) is 0 Å². The van der Waals surface area contributed by atoms with Crippen molar-refractivity contribution in [3.63, 3.8) is 0 Å². The van der Waals surface area contributed by atoms with E-state index < -0.39 is 0 Å². The van der Waals surface area contributed by atoms with Crippen molar-refractivity contribution in [3.05, 3.63) is 22.9 Å². The van der Waals surface area contributed by atoms with Crippen LogP contribution in [0.5, 0.6) is 0 Å². The monoisotopic (exact) mass is 218 g/mol. The van der Waals surface area contributed by atoms with E-state index in [1.165, 1.54) is 43.2 Å². The van der Waals surface area contributed by atoms with Crippen LogP contribution >= 0.6 is 0 Å². The maximum absolute atomic E-state index is 4.66. The van der Waals surface area contributed by atoms with E-state index in [2.05, 4.69) is 37.1 Å². The second kappa shape index (κ2) is 4.86. The lowest BCUT2D eigenvalue weighted by molar-refractivity contribution is 0.711. The number of fused-ring (bicyclic) bond motifs is 1. The fraction of sp³-hybridized carbons (Fsp3) is 0.643. The molecule has 0 atom stereocenters. The van der Waals surface area contributed by atoms with Gasteiger partial charge in [0.1, 0.15) is 5.82 Å². The van der Waals surface area contributed by atoms with E-state index >= 15 is 0 Å². The van der Waals surface area contributed by atoms with Crippen molar-refractivity contribution in [1.29, 1.82) is 0 Å². The first-order valence-corrected chi connectivity index (χ1v) is 6.43. The molecule has 0 saturated heterocycles. The molecule has 2 rings (SSSR count). The average molecular weight is 218 g/mol. The fourth-order valence-electron chi connectivity index (χ4n) is 2.46. The van der Waals surface area contributed by atoms with Crippen LogP contribution in [0.1, 0.15) is 49.9 Å². The van der Waals surface area contributed by atoms with Gasteiger partial charge in [0.25, 0.3) is 0 Å². The lowest BCUT2D eigenvalue weighted by Crippen LogP contribution is -2.14. The molecule has 88 valence electrons. The Hall–Kier alpha value is -1.05. The van der Waals surface area contributed by atoms with E-state index in [0.717, 1.165) is 11.5 Å². The predicted octanol–water partition coefficient (Wildman–Crippen LogP) is 3.48. The first-order chi connectivity index (χ1) is 7.66. The smallest absolute Gasteiger partial charge is 0.129 e. The van der Waals surface area contributed by atoms with Gasteiger partial charge < -0.3 is 5.32 Å². The number of pyridine rings is 1. The molecule has 16 heavy (non-hydrogen) atoms. The van der Waals surface area contributed by atoms with Crippen molar-refractivity contribution in [2.75, 3.05) is 5.32 Å². The largest absolute Gasteiger partial charge is 0.368 e. The Balaban J connectivity index is 2.38. The summed E-state index contributed by atoms with van der Waals surface area (Å²) in [6, 6.07) is 2.73. The van der Waals surface area contributed by atoms with Gasteiger partial charge in [0.05, 0.1) is 0 Å². The molecule has 1 aromatic heterocycles. The quantitative estimate of drug-likeness (QED) is 0.769. The SMILES string of the molecule is Cc1cc2c(c(NC(C)C)n1)CCCCC2. The average Bonchev–Trinajstić information content (AvgIpc) is 2.41. The number of hydrogen-bond acceptors (Lipinski definition) is 2. The number of anilines is 1. The van der Waals surface area contributed by atoms with Gasteiger partial charge in [-0.05, 0) is 63.6 Å². The Morgan fingerprint density at radius 3 is 2.69 bits per heavy atom. The lowest BCUT2D eigenvalue weighted by Gasteiger charge is -2.16. The molecule has 1 heterocycles. The number of nitrogens with zero attached hydrogens (tertiary/aromatic N) is 1. The van der Waals surface area contributed by atoms with Gasteiger partial charge in [0.2, 0.25) is 0 Å². The Bertz CT molecular complexity index is 369. The summed E-state index contributed by atoms with van der Waals surface area (Å²) in [5.74, 6) is 1.13. The van der Waals surface area contributed by atoms with Crippen LogP contribution in [0.4, 0.5) is 5.82 Å². The predicted molar refractivity (Wildman–Crippen MR) is 69.0 cm³/mol. The zero-order valence-corrected chi connectivity index (χ0v) is 10.6. The zero-order chi connectivity index (χ0) is 11.5. The standard InChI is InChI=1S/C14H22N2/c1-10(2)15-14-13-8-6-4-5-7-12(13)9-11(3)16-14/h9-10H,4-8H2,1-3H3,(H,15,16). The van der Waals surface area contributed by atoms with Gasteiger partial charge in [-0.25, -0.2) is 4.98 Å².